The minimum atomic E-state index is -0.122. The monoisotopic (exact) mass is 288 g/mol. The van der Waals surface area contributed by atoms with E-state index in [4.69, 9.17) is 0 Å². The van der Waals surface area contributed by atoms with Crippen LogP contribution >= 0.6 is 0 Å². The molecule has 0 aliphatic heterocycles. The lowest BCUT2D eigenvalue weighted by molar-refractivity contribution is -0.132. The zero-order valence-corrected chi connectivity index (χ0v) is 13.4. The SMILES string of the molecule is CC12CCC(O)CC1=CCC1C2CC[C@]2(C)C(=O)CCC12. The van der Waals surface area contributed by atoms with Gasteiger partial charge in [-0.3, -0.25) is 4.79 Å². The fraction of sp³-hybridized carbons (Fsp3) is 0.842. The first-order chi connectivity index (χ1) is 9.95. The van der Waals surface area contributed by atoms with Crippen molar-refractivity contribution in [1.29, 1.82) is 0 Å². The Balaban J connectivity index is 1.69. The second-order valence-electron chi connectivity index (χ2n) is 8.57. The minimum Gasteiger partial charge on any atom is -0.393 e. The molecule has 0 aromatic heterocycles. The van der Waals surface area contributed by atoms with Crippen molar-refractivity contribution in [3.8, 4) is 0 Å². The zero-order valence-electron chi connectivity index (χ0n) is 13.4. The highest BCUT2D eigenvalue weighted by Gasteiger charge is 2.58. The van der Waals surface area contributed by atoms with Crippen LogP contribution in [0.4, 0.5) is 0 Å². The van der Waals surface area contributed by atoms with Gasteiger partial charge in [0.1, 0.15) is 5.78 Å². The number of aliphatic hydroxyl groups is 1. The fourth-order valence-electron chi connectivity index (χ4n) is 6.41. The smallest absolute Gasteiger partial charge is 0.139 e. The van der Waals surface area contributed by atoms with Crippen molar-refractivity contribution in [3.05, 3.63) is 11.6 Å². The summed E-state index contributed by atoms with van der Waals surface area (Å²) in [5, 5.41) is 10.00. The molecule has 0 amide bonds. The third-order valence-electron chi connectivity index (χ3n) is 7.79. The number of ketones is 1. The quantitative estimate of drug-likeness (QED) is 0.687. The summed E-state index contributed by atoms with van der Waals surface area (Å²) in [7, 11) is 0. The Morgan fingerprint density at radius 2 is 1.81 bits per heavy atom. The van der Waals surface area contributed by atoms with E-state index >= 15 is 0 Å². The molecule has 4 aliphatic carbocycles. The van der Waals surface area contributed by atoms with Gasteiger partial charge in [0.15, 0.2) is 0 Å². The lowest BCUT2D eigenvalue weighted by Crippen LogP contribution is -2.50. The fourth-order valence-corrected chi connectivity index (χ4v) is 6.41. The van der Waals surface area contributed by atoms with Gasteiger partial charge < -0.3 is 5.11 Å². The van der Waals surface area contributed by atoms with Crippen LogP contribution in [0.2, 0.25) is 0 Å². The van der Waals surface area contributed by atoms with Gasteiger partial charge in [0.2, 0.25) is 0 Å². The first kappa shape index (κ1) is 14.0. The van der Waals surface area contributed by atoms with Gasteiger partial charge in [-0.05, 0) is 68.1 Å². The van der Waals surface area contributed by atoms with Crippen molar-refractivity contribution in [2.45, 2.75) is 71.3 Å². The molecule has 0 aromatic carbocycles. The summed E-state index contributed by atoms with van der Waals surface area (Å²) >= 11 is 0. The summed E-state index contributed by atoms with van der Waals surface area (Å²) < 4.78 is 0. The summed E-state index contributed by atoms with van der Waals surface area (Å²) in [5.74, 6) is 2.60. The van der Waals surface area contributed by atoms with E-state index in [0.29, 0.717) is 23.0 Å². The van der Waals surface area contributed by atoms with E-state index in [1.54, 1.807) is 0 Å². The Bertz CT molecular complexity index is 508. The number of fused-ring (bicyclic) bond motifs is 5. The third-order valence-corrected chi connectivity index (χ3v) is 7.79. The molecule has 0 bridgehead atoms. The molecule has 2 nitrogen and oxygen atoms in total. The maximum absolute atomic E-state index is 12.4. The Labute approximate surface area is 128 Å². The number of hydrogen-bond acceptors (Lipinski definition) is 2. The summed E-state index contributed by atoms with van der Waals surface area (Å²) in [6.07, 6.45) is 10.7. The first-order valence-corrected chi connectivity index (χ1v) is 8.86. The number of carbonyl (C=O) groups is 1. The van der Waals surface area contributed by atoms with Gasteiger partial charge in [0.05, 0.1) is 6.10 Å². The van der Waals surface area contributed by atoms with Crippen LogP contribution in [-0.2, 0) is 4.79 Å². The van der Waals surface area contributed by atoms with Crippen molar-refractivity contribution in [3.63, 3.8) is 0 Å². The predicted molar refractivity (Wildman–Crippen MR) is 82.7 cm³/mol. The van der Waals surface area contributed by atoms with Gasteiger partial charge in [0, 0.05) is 11.8 Å². The van der Waals surface area contributed by atoms with Crippen molar-refractivity contribution >= 4 is 5.78 Å². The number of Topliss-reactive ketones (excluding diaryl/α,β-unsaturated/α-hetero) is 1. The highest BCUT2D eigenvalue weighted by molar-refractivity contribution is 5.87. The van der Waals surface area contributed by atoms with Crippen LogP contribution in [0.5, 0.6) is 0 Å². The van der Waals surface area contributed by atoms with Gasteiger partial charge in [0.25, 0.3) is 0 Å². The molecule has 0 saturated heterocycles. The molecular weight excluding hydrogens is 260 g/mol. The lowest BCUT2D eigenvalue weighted by Gasteiger charge is -2.56. The highest BCUT2D eigenvalue weighted by atomic mass is 16.3. The van der Waals surface area contributed by atoms with Crippen molar-refractivity contribution in [1.82, 2.24) is 0 Å². The maximum Gasteiger partial charge on any atom is 0.139 e. The standard InChI is InChI=1S/C19H28O2/c1-18-9-7-13(20)11-12(18)3-4-14-15-5-6-17(21)19(15,2)10-8-16(14)18/h3,13-16,20H,4-11H2,1-2H3/t13?,14?,15?,16?,18?,19-/m0/s1. The Morgan fingerprint density at radius 1 is 1.10 bits per heavy atom. The third kappa shape index (κ3) is 1.78. The van der Waals surface area contributed by atoms with Crippen molar-refractivity contribution in [2.75, 3.05) is 0 Å². The van der Waals surface area contributed by atoms with Gasteiger partial charge in [-0.2, -0.15) is 0 Å². The van der Waals surface area contributed by atoms with Crippen molar-refractivity contribution in [2.24, 2.45) is 28.6 Å². The van der Waals surface area contributed by atoms with Crippen LogP contribution in [0, 0.1) is 28.6 Å². The molecule has 4 aliphatic rings. The molecule has 4 rings (SSSR count). The van der Waals surface area contributed by atoms with Crippen LogP contribution in [0.15, 0.2) is 11.6 Å². The summed E-state index contributed by atoms with van der Waals surface area (Å²) in [6, 6.07) is 0. The van der Waals surface area contributed by atoms with E-state index in [1.165, 1.54) is 12.0 Å². The molecule has 0 radical (unpaired) electrons. The van der Waals surface area contributed by atoms with E-state index in [9.17, 15) is 9.90 Å². The molecule has 0 heterocycles. The molecule has 116 valence electrons. The molecule has 5 unspecified atom stereocenters. The Kier molecular flexibility index (Phi) is 2.96. The number of aliphatic hydroxyl groups excluding tert-OH is 1. The normalized spacial score (nSPS) is 52.7. The molecule has 21 heavy (non-hydrogen) atoms. The molecule has 6 atom stereocenters. The van der Waals surface area contributed by atoms with Crippen molar-refractivity contribution < 1.29 is 9.90 Å². The van der Waals surface area contributed by atoms with E-state index in [1.807, 2.05) is 0 Å². The molecule has 3 fully saturated rings. The topological polar surface area (TPSA) is 37.3 Å². The Hall–Kier alpha value is -0.630. The average molecular weight is 288 g/mol. The molecule has 1 N–H and O–H groups in total. The maximum atomic E-state index is 12.4. The second kappa shape index (κ2) is 4.44. The van der Waals surface area contributed by atoms with Gasteiger partial charge >= 0.3 is 0 Å². The zero-order chi connectivity index (χ0) is 14.8. The summed E-state index contributed by atoms with van der Waals surface area (Å²) in [6.45, 7) is 4.69. The van der Waals surface area contributed by atoms with Crippen LogP contribution in [-0.4, -0.2) is 17.0 Å². The summed E-state index contributed by atoms with van der Waals surface area (Å²) in [5.41, 5.74) is 1.81. The van der Waals surface area contributed by atoms with Gasteiger partial charge in [-0.1, -0.05) is 25.5 Å². The molecule has 2 heteroatoms. The highest BCUT2D eigenvalue weighted by Crippen LogP contribution is 2.63. The van der Waals surface area contributed by atoms with E-state index < -0.39 is 0 Å². The van der Waals surface area contributed by atoms with E-state index in [2.05, 4.69) is 19.9 Å². The average Bonchev–Trinajstić information content (AvgIpc) is 2.76. The molecule has 0 aromatic rings. The van der Waals surface area contributed by atoms with Crippen LogP contribution < -0.4 is 0 Å². The van der Waals surface area contributed by atoms with Crippen LogP contribution in [0.1, 0.15) is 65.2 Å². The van der Waals surface area contributed by atoms with Crippen LogP contribution in [0.3, 0.4) is 0 Å². The molecule has 3 saturated carbocycles. The number of carbonyl (C=O) groups excluding carboxylic acids is 1. The number of allylic oxidation sites excluding steroid dienone is 1. The second-order valence-corrected chi connectivity index (χ2v) is 8.57. The predicted octanol–water partition coefficient (Wildman–Crippen LogP) is 3.88. The summed E-state index contributed by atoms with van der Waals surface area (Å²) in [4.78, 5) is 12.4. The molecule has 0 spiro atoms. The Morgan fingerprint density at radius 3 is 2.62 bits per heavy atom. The minimum absolute atomic E-state index is 0.0168. The number of hydrogen-bond donors (Lipinski definition) is 1. The molecular formula is C19H28O2. The van der Waals surface area contributed by atoms with Gasteiger partial charge in [-0.25, -0.2) is 0 Å². The largest absolute Gasteiger partial charge is 0.393 e. The van der Waals surface area contributed by atoms with Crippen LogP contribution in [0.25, 0.3) is 0 Å². The number of rotatable bonds is 0. The first-order valence-electron chi connectivity index (χ1n) is 8.86. The van der Waals surface area contributed by atoms with Gasteiger partial charge in [-0.15, -0.1) is 0 Å². The van der Waals surface area contributed by atoms with E-state index in [-0.39, 0.29) is 11.5 Å². The lowest BCUT2D eigenvalue weighted by atomic mass is 9.48. The van der Waals surface area contributed by atoms with E-state index in [0.717, 1.165) is 50.9 Å².